The molecule has 0 unspecified atom stereocenters. The van der Waals surface area contributed by atoms with E-state index in [0.717, 1.165) is 68.2 Å². The van der Waals surface area contributed by atoms with Gasteiger partial charge in [0.2, 0.25) is 11.7 Å². The summed E-state index contributed by atoms with van der Waals surface area (Å²) in [4.78, 5) is 35.1. The third-order valence-corrected chi connectivity index (χ3v) is 12.1. The minimum atomic E-state index is -1.29. The van der Waals surface area contributed by atoms with Gasteiger partial charge in [-0.05, 0) is 88.0 Å². The van der Waals surface area contributed by atoms with E-state index >= 15 is 0 Å². The first-order valence-corrected chi connectivity index (χ1v) is 22.8. The molecule has 0 saturated heterocycles. The molecular formula is C47H75N3O8. The fraction of sp³-hybridized carbons (Fsp3) is 0.723. The number of aliphatic hydroxyl groups is 2. The average molecular weight is 810 g/mol. The van der Waals surface area contributed by atoms with Crippen molar-refractivity contribution in [3.05, 3.63) is 48.1 Å². The summed E-state index contributed by atoms with van der Waals surface area (Å²) in [5.41, 5.74) is 2.70. The lowest BCUT2D eigenvalue weighted by atomic mass is 9.55. The fourth-order valence-corrected chi connectivity index (χ4v) is 9.57. The molecule has 0 radical (unpaired) electrons. The molecule has 6 atom stereocenters. The third kappa shape index (κ3) is 12.3. The number of aliphatic hydroxyl groups excluding tert-OH is 2. The molecule has 1 heterocycles. The Morgan fingerprint density at radius 3 is 2.31 bits per heavy atom. The van der Waals surface area contributed by atoms with Crippen LogP contribution in [0.2, 0.25) is 0 Å². The number of oxime groups is 1. The molecule has 0 aromatic heterocycles. The average Bonchev–Trinajstić information content (AvgIpc) is 3.22. The number of allylic oxidation sites excluding steroid dienone is 1. The van der Waals surface area contributed by atoms with Gasteiger partial charge in [0.25, 0.3) is 0 Å². The molecule has 3 N–H and O–H groups in total. The van der Waals surface area contributed by atoms with Crippen molar-refractivity contribution in [1.82, 2.24) is 10.2 Å². The molecule has 0 bridgehead atoms. The standard InChI is InChI=1S/C47H75N3O8/c1-6-11-12-13-14-15-16-17-18-25-43(53)50(28-7-2)42-34-40(49-56-10-5)38-32-35(23-19-21-29-51)37(24-20-22-30-52)44-39-33-36(57-46(54)48-9-4)26-27-41(39)58-47(42,45(38)44)55-31-8-3/h8,26-27,32-33,35,37,42,44-45,51-52H,3,6-7,9-25,28-31,34H2,1-2,4-5H3,(H,48,54)/t35-,37+,42-,44+,45+,47+/m0/s1. The van der Waals surface area contributed by atoms with Crippen molar-refractivity contribution in [3.8, 4) is 11.5 Å². The van der Waals surface area contributed by atoms with Crippen molar-refractivity contribution in [3.63, 3.8) is 0 Å². The first-order valence-electron chi connectivity index (χ1n) is 22.8. The van der Waals surface area contributed by atoms with Gasteiger partial charge in [0.05, 0.1) is 18.2 Å². The van der Waals surface area contributed by atoms with Crippen LogP contribution < -0.4 is 14.8 Å². The van der Waals surface area contributed by atoms with E-state index in [9.17, 15) is 19.8 Å². The summed E-state index contributed by atoms with van der Waals surface area (Å²) in [5, 5.41) is 27.2. The Labute approximate surface area is 349 Å². The van der Waals surface area contributed by atoms with Crippen LogP contribution in [0.3, 0.4) is 0 Å². The van der Waals surface area contributed by atoms with Gasteiger partial charge in [0.1, 0.15) is 24.1 Å². The van der Waals surface area contributed by atoms with E-state index in [4.69, 9.17) is 24.2 Å². The molecule has 1 aromatic carbocycles. The van der Waals surface area contributed by atoms with Crippen LogP contribution in [0.5, 0.6) is 11.5 Å². The van der Waals surface area contributed by atoms with Gasteiger partial charge in [-0.25, -0.2) is 4.79 Å². The number of fused-ring (bicyclic) bond motifs is 2. The highest BCUT2D eigenvalue weighted by molar-refractivity contribution is 6.03. The van der Waals surface area contributed by atoms with Crippen LogP contribution in [-0.4, -0.2) is 84.2 Å². The van der Waals surface area contributed by atoms with Crippen LogP contribution >= 0.6 is 0 Å². The minimum absolute atomic E-state index is 0.0810. The number of carbonyl (C=O) groups excluding carboxylic acids is 2. The number of unbranched alkanes of at least 4 members (excludes halogenated alkanes) is 10. The molecule has 1 fully saturated rings. The SMILES string of the molecule is C=CCO[C@@]12Oc3ccc(OC(=O)NCC)cc3[C@H]3[C@H](CCCCO)[C@@H](CCCCO)C=C(C(=NOCC)C[C@@H]1N(CCC)C(=O)CCCCCCCCCCC)[C@H]32. The molecule has 2 aliphatic carbocycles. The van der Waals surface area contributed by atoms with Gasteiger partial charge in [-0.2, -0.15) is 0 Å². The lowest BCUT2D eigenvalue weighted by Gasteiger charge is -2.60. The second-order valence-electron chi connectivity index (χ2n) is 16.3. The van der Waals surface area contributed by atoms with Gasteiger partial charge >= 0.3 is 6.09 Å². The summed E-state index contributed by atoms with van der Waals surface area (Å²) >= 11 is 0. The van der Waals surface area contributed by atoms with Crippen LogP contribution in [0.15, 0.2) is 47.7 Å². The first-order chi connectivity index (χ1) is 28.3. The molecular weight excluding hydrogens is 735 g/mol. The Hall–Kier alpha value is -3.41. The molecule has 0 spiro atoms. The van der Waals surface area contributed by atoms with Crippen molar-refractivity contribution in [1.29, 1.82) is 0 Å². The van der Waals surface area contributed by atoms with E-state index < -0.39 is 23.8 Å². The number of rotatable bonds is 28. The van der Waals surface area contributed by atoms with Gasteiger partial charge in [-0.1, -0.05) is 95.4 Å². The number of nitrogens with zero attached hydrogens (tertiary/aromatic N) is 2. The summed E-state index contributed by atoms with van der Waals surface area (Å²) in [6.45, 7) is 14.0. The number of hydrogen-bond acceptors (Lipinski definition) is 9. The zero-order valence-corrected chi connectivity index (χ0v) is 36.2. The number of benzene rings is 1. The van der Waals surface area contributed by atoms with Crippen molar-refractivity contribution >= 4 is 17.7 Å². The van der Waals surface area contributed by atoms with Gasteiger partial charge in [0.15, 0.2) is 0 Å². The van der Waals surface area contributed by atoms with E-state index in [0.29, 0.717) is 56.9 Å². The van der Waals surface area contributed by atoms with Crippen LogP contribution in [0, 0.1) is 17.8 Å². The number of amides is 2. The second-order valence-corrected chi connectivity index (χ2v) is 16.3. The maximum Gasteiger partial charge on any atom is 0.412 e. The molecule has 1 aromatic rings. The van der Waals surface area contributed by atoms with Crippen molar-refractivity contribution in [2.75, 3.05) is 39.5 Å². The summed E-state index contributed by atoms with van der Waals surface area (Å²) in [7, 11) is 0. The molecule has 3 aliphatic rings. The number of carbonyl (C=O) groups is 2. The smallest absolute Gasteiger partial charge is 0.412 e. The number of ether oxygens (including phenoxy) is 3. The van der Waals surface area contributed by atoms with Gasteiger partial charge in [0, 0.05) is 50.6 Å². The van der Waals surface area contributed by atoms with E-state index in [1.807, 2.05) is 30.9 Å². The van der Waals surface area contributed by atoms with Crippen LogP contribution in [0.1, 0.15) is 155 Å². The van der Waals surface area contributed by atoms with Crippen LogP contribution in [0.25, 0.3) is 0 Å². The van der Waals surface area contributed by atoms with Gasteiger partial charge in [-0.15, -0.1) is 6.58 Å². The Bertz CT molecular complexity index is 1480. The monoisotopic (exact) mass is 810 g/mol. The Morgan fingerprint density at radius 1 is 0.948 bits per heavy atom. The predicted octanol–water partition coefficient (Wildman–Crippen LogP) is 9.61. The maximum atomic E-state index is 14.6. The number of nitrogens with one attached hydrogen (secondary N) is 1. The van der Waals surface area contributed by atoms with Gasteiger partial charge < -0.3 is 39.5 Å². The molecule has 4 rings (SSSR count). The summed E-state index contributed by atoms with van der Waals surface area (Å²) in [5.74, 6) is -0.546. The van der Waals surface area contributed by atoms with Crippen molar-refractivity contribution in [2.45, 2.75) is 161 Å². The normalized spacial score (nSPS) is 23.9. The zero-order valence-electron chi connectivity index (χ0n) is 36.2. The van der Waals surface area contributed by atoms with E-state index in [-0.39, 0.29) is 43.5 Å². The van der Waals surface area contributed by atoms with Crippen molar-refractivity contribution in [2.24, 2.45) is 22.9 Å². The largest absolute Gasteiger partial charge is 0.459 e. The number of hydrogen-bond donors (Lipinski definition) is 3. The molecule has 326 valence electrons. The summed E-state index contributed by atoms with van der Waals surface area (Å²) in [6, 6.07) is 5.04. The lowest BCUT2D eigenvalue weighted by molar-refractivity contribution is -0.257. The molecule has 58 heavy (non-hydrogen) atoms. The van der Waals surface area contributed by atoms with Gasteiger partial charge in [-0.3, -0.25) is 4.79 Å². The second kappa shape index (κ2) is 25.3. The molecule has 1 aliphatic heterocycles. The fourth-order valence-electron chi connectivity index (χ4n) is 9.57. The van der Waals surface area contributed by atoms with E-state index in [2.05, 4.69) is 31.8 Å². The molecule has 11 nitrogen and oxygen atoms in total. The highest BCUT2D eigenvalue weighted by Gasteiger charge is 2.65. The van der Waals surface area contributed by atoms with E-state index in [1.165, 1.54) is 38.5 Å². The van der Waals surface area contributed by atoms with Crippen LogP contribution in [0.4, 0.5) is 4.79 Å². The van der Waals surface area contributed by atoms with Crippen molar-refractivity contribution < 1.29 is 38.9 Å². The predicted molar refractivity (Wildman–Crippen MR) is 230 cm³/mol. The zero-order chi connectivity index (χ0) is 41.8. The summed E-state index contributed by atoms with van der Waals surface area (Å²) < 4.78 is 20.1. The molecule has 1 saturated carbocycles. The molecule has 2 amide bonds. The Kier molecular flexibility index (Phi) is 20.6. The maximum absolute atomic E-state index is 14.6. The molecule has 11 heteroatoms. The minimum Gasteiger partial charge on any atom is -0.459 e. The lowest BCUT2D eigenvalue weighted by Crippen LogP contribution is -2.70. The third-order valence-electron chi connectivity index (χ3n) is 12.1. The highest BCUT2D eigenvalue weighted by atomic mass is 16.7. The first kappa shape index (κ1) is 47.3. The van der Waals surface area contributed by atoms with Crippen LogP contribution in [-0.2, 0) is 14.4 Å². The Morgan fingerprint density at radius 2 is 1.66 bits per heavy atom. The summed E-state index contributed by atoms with van der Waals surface area (Å²) in [6.07, 6.45) is 20.5. The topological polar surface area (TPSA) is 139 Å². The van der Waals surface area contributed by atoms with E-state index in [1.54, 1.807) is 12.1 Å². The highest BCUT2D eigenvalue weighted by Crippen LogP contribution is 2.62. The quantitative estimate of drug-likeness (QED) is 0.0432. The Balaban J connectivity index is 1.86.